The number of nitrogens with zero attached hydrogens (tertiary/aromatic N) is 4. The van der Waals surface area contributed by atoms with Crippen LogP contribution in [0.15, 0.2) is 52.8 Å². The lowest BCUT2D eigenvalue weighted by Crippen LogP contribution is -1.86. The molecule has 0 unspecified atom stereocenters. The van der Waals surface area contributed by atoms with Crippen LogP contribution in [-0.4, -0.2) is 19.6 Å². The monoisotopic (exact) mass is 318 g/mol. The van der Waals surface area contributed by atoms with Crippen LogP contribution in [0.2, 0.25) is 5.02 Å². The number of hydrogen-bond donors (Lipinski definition) is 0. The first-order chi connectivity index (χ1) is 9.83. The first-order valence-corrected chi connectivity index (χ1v) is 7.84. The zero-order valence-corrected chi connectivity index (χ0v) is 12.4. The summed E-state index contributed by atoms with van der Waals surface area (Å²) >= 11 is 9.27. The normalized spacial score (nSPS) is 11.4. The van der Waals surface area contributed by atoms with Crippen molar-refractivity contribution in [2.45, 2.75) is 10.1 Å². The lowest BCUT2D eigenvalue weighted by atomic mass is 10.3. The molecule has 20 heavy (non-hydrogen) atoms. The Hall–Kier alpha value is -1.63. The minimum atomic E-state index is 0.619. The van der Waals surface area contributed by atoms with Gasteiger partial charge in [-0.3, -0.25) is 9.38 Å². The molecule has 0 amide bonds. The molecule has 0 aliphatic heterocycles. The zero-order chi connectivity index (χ0) is 13.5. The van der Waals surface area contributed by atoms with Crippen LogP contribution >= 0.6 is 34.7 Å². The molecule has 3 aromatic heterocycles. The van der Waals surface area contributed by atoms with E-state index in [0.29, 0.717) is 5.02 Å². The fraction of sp³-hybridized carbons (Fsp3) is 0. The van der Waals surface area contributed by atoms with Gasteiger partial charge in [-0.25, -0.2) is 0 Å². The number of para-hydroxylation sites is 1. The lowest BCUT2D eigenvalue weighted by molar-refractivity contribution is 0.940. The third-order valence-corrected chi connectivity index (χ3v) is 5.30. The van der Waals surface area contributed by atoms with Crippen molar-refractivity contribution in [3.8, 4) is 0 Å². The molecule has 4 rings (SSSR count). The molecule has 0 spiro atoms. The Balaban J connectivity index is 1.90. The maximum Gasteiger partial charge on any atom is 0.217 e. The Labute approximate surface area is 127 Å². The molecule has 0 aliphatic rings. The summed E-state index contributed by atoms with van der Waals surface area (Å²) < 4.78 is 3.25. The largest absolute Gasteiger partial charge is 0.263 e. The van der Waals surface area contributed by atoms with E-state index in [1.807, 2.05) is 18.2 Å². The van der Waals surface area contributed by atoms with Gasteiger partial charge in [0, 0.05) is 17.3 Å². The predicted molar refractivity (Wildman–Crippen MR) is 81.7 cm³/mol. The van der Waals surface area contributed by atoms with Crippen LogP contribution < -0.4 is 0 Å². The van der Waals surface area contributed by atoms with E-state index in [9.17, 15) is 0 Å². The van der Waals surface area contributed by atoms with E-state index in [2.05, 4.69) is 31.7 Å². The van der Waals surface area contributed by atoms with Crippen molar-refractivity contribution in [1.29, 1.82) is 0 Å². The van der Waals surface area contributed by atoms with Crippen LogP contribution in [-0.2, 0) is 0 Å². The second kappa shape index (κ2) is 4.73. The topological polar surface area (TPSA) is 43.1 Å². The summed E-state index contributed by atoms with van der Waals surface area (Å²) in [5, 5.41) is 9.91. The van der Waals surface area contributed by atoms with Crippen molar-refractivity contribution in [2.24, 2.45) is 0 Å². The molecular formula is C13H7ClN4S2. The van der Waals surface area contributed by atoms with E-state index < -0.39 is 0 Å². The molecule has 0 aliphatic carbocycles. The van der Waals surface area contributed by atoms with Crippen LogP contribution in [0.4, 0.5) is 0 Å². The standard InChI is InChI=1S/C13H7ClN4S2/c14-8-7-15-6-5-10(8)19-12-16-17-13-18(12)9-3-1-2-4-11(9)20-13/h1-7H. The molecule has 3 heterocycles. The molecule has 0 fully saturated rings. The van der Waals surface area contributed by atoms with Gasteiger partial charge in [0.2, 0.25) is 10.1 Å². The third-order valence-electron chi connectivity index (χ3n) is 2.85. The number of rotatable bonds is 2. The molecule has 1 aromatic carbocycles. The number of aromatic nitrogens is 4. The summed E-state index contributed by atoms with van der Waals surface area (Å²) in [5.74, 6) is 0. The maximum absolute atomic E-state index is 6.15. The van der Waals surface area contributed by atoms with Crippen molar-refractivity contribution in [1.82, 2.24) is 19.6 Å². The average Bonchev–Trinajstić information content (AvgIpc) is 3.01. The van der Waals surface area contributed by atoms with Crippen LogP contribution in [0.3, 0.4) is 0 Å². The van der Waals surface area contributed by atoms with Crippen LogP contribution in [0, 0.1) is 0 Å². The summed E-state index contributed by atoms with van der Waals surface area (Å²) in [6.45, 7) is 0. The van der Waals surface area contributed by atoms with Gasteiger partial charge in [0.15, 0.2) is 0 Å². The number of fused-ring (bicyclic) bond motifs is 3. The Bertz CT molecular complexity index is 915. The smallest absolute Gasteiger partial charge is 0.217 e. The summed E-state index contributed by atoms with van der Waals surface area (Å²) in [6.07, 6.45) is 3.35. The van der Waals surface area contributed by atoms with Crippen molar-refractivity contribution in [3.63, 3.8) is 0 Å². The highest BCUT2D eigenvalue weighted by Gasteiger charge is 2.14. The lowest BCUT2D eigenvalue weighted by Gasteiger charge is -2.01. The minimum absolute atomic E-state index is 0.619. The van der Waals surface area contributed by atoms with Crippen molar-refractivity contribution >= 4 is 49.9 Å². The molecule has 98 valence electrons. The second-order valence-corrected chi connectivity index (χ2v) is 6.50. The van der Waals surface area contributed by atoms with E-state index in [1.54, 1.807) is 23.7 Å². The number of pyridine rings is 1. The molecule has 4 nitrogen and oxygen atoms in total. The number of thiazole rings is 1. The van der Waals surface area contributed by atoms with Crippen molar-refractivity contribution in [2.75, 3.05) is 0 Å². The molecule has 0 radical (unpaired) electrons. The first-order valence-electron chi connectivity index (χ1n) is 5.83. The molecule has 4 aromatic rings. The number of benzene rings is 1. The predicted octanol–water partition coefficient (Wildman–Crippen LogP) is 4.14. The quantitative estimate of drug-likeness (QED) is 0.557. The third kappa shape index (κ3) is 1.88. The van der Waals surface area contributed by atoms with E-state index in [0.717, 1.165) is 20.5 Å². The molecular weight excluding hydrogens is 312 g/mol. The van der Waals surface area contributed by atoms with Crippen LogP contribution in [0.5, 0.6) is 0 Å². The Morgan fingerprint density at radius 2 is 2.05 bits per heavy atom. The van der Waals surface area contributed by atoms with Crippen LogP contribution in [0.1, 0.15) is 0 Å². The van der Waals surface area contributed by atoms with Gasteiger partial charge < -0.3 is 0 Å². The van der Waals surface area contributed by atoms with Gasteiger partial charge in [-0.1, -0.05) is 35.1 Å². The summed E-state index contributed by atoms with van der Waals surface area (Å²) in [4.78, 5) is 5.80. The van der Waals surface area contributed by atoms with Gasteiger partial charge in [0.25, 0.3) is 0 Å². The van der Waals surface area contributed by atoms with Gasteiger partial charge in [0.05, 0.1) is 15.2 Å². The summed E-state index contributed by atoms with van der Waals surface area (Å²) in [5.41, 5.74) is 1.12. The van der Waals surface area contributed by atoms with Gasteiger partial charge in [-0.2, -0.15) is 0 Å². The van der Waals surface area contributed by atoms with Crippen LogP contribution in [0.25, 0.3) is 15.2 Å². The Morgan fingerprint density at radius 3 is 2.95 bits per heavy atom. The maximum atomic E-state index is 6.15. The molecule has 0 atom stereocenters. The van der Waals surface area contributed by atoms with Gasteiger partial charge in [0.1, 0.15) is 0 Å². The highest BCUT2D eigenvalue weighted by Crippen LogP contribution is 2.35. The molecule has 0 N–H and O–H groups in total. The van der Waals surface area contributed by atoms with E-state index in [4.69, 9.17) is 11.6 Å². The number of hydrogen-bond acceptors (Lipinski definition) is 5. The minimum Gasteiger partial charge on any atom is -0.263 e. The molecule has 0 bridgehead atoms. The van der Waals surface area contributed by atoms with Gasteiger partial charge >= 0.3 is 0 Å². The SMILES string of the molecule is Clc1cnccc1Sc1nnc2sc3ccccc3n12. The van der Waals surface area contributed by atoms with E-state index >= 15 is 0 Å². The number of halogens is 1. The van der Waals surface area contributed by atoms with Gasteiger partial charge in [-0.15, -0.1) is 10.2 Å². The highest BCUT2D eigenvalue weighted by molar-refractivity contribution is 7.99. The molecule has 0 saturated heterocycles. The van der Waals surface area contributed by atoms with E-state index in [-0.39, 0.29) is 0 Å². The average molecular weight is 319 g/mol. The fourth-order valence-electron chi connectivity index (χ4n) is 1.97. The van der Waals surface area contributed by atoms with E-state index in [1.165, 1.54) is 16.5 Å². The molecule has 0 saturated carbocycles. The highest BCUT2D eigenvalue weighted by atomic mass is 35.5. The van der Waals surface area contributed by atoms with Gasteiger partial charge in [-0.05, 0) is 30.0 Å². The zero-order valence-electron chi connectivity index (χ0n) is 10.0. The second-order valence-electron chi connectivity index (χ2n) is 4.08. The summed E-state index contributed by atoms with van der Waals surface area (Å²) in [6, 6.07) is 10.1. The molecule has 7 heteroatoms. The Morgan fingerprint density at radius 1 is 1.15 bits per heavy atom. The van der Waals surface area contributed by atoms with Crippen molar-refractivity contribution in [3.05, 3.63) is 47.7 Å². The fourth-order valence-corrected chi connectivity index (χ4v) is 4.06. The Kier molecular flexibility index (Phi) is 2.87. The summed E-state index contributed by atoms with van der Waals surface area (Å²) in [7, 11) is 0. The first kappa shape index (κ1) is 12.1. The van der Waals surface area contributed by atoms with Crippen molar-refractivity contribution < 1.29 is 0 Å².